The molecule has 8 nitrogen and oxygen atoms in total. The number of aliphatic hydroxyl groups is 4. The molecule has 2 fully saturated rings. The zero-order chi connectivity index (χ0) is 13.1. The largest absolute Gasteiger partial charge is 0.394 e. The number of aliphatic hydroxyl groups excluding tert-OH is 4. The predicted octanol–water partition coefficient (Wildman–Crippen LogP) is -2.95. The van der Waals surface area contributed by atoms with E-state index in [2.05, 4.69) is 0 Å². The van der Waals surface area contributed by atoms with Crippen LogP contribution in [0.4, 0.5) is 0 Å². The molecular formula is C10H19NO7. The standard InChI is InChI=1S/C10H19NO7/c12-5-6(13)8-7(14)9(10(15)17-8)18-11-1-3-16-4-2-11/h6-10,12-15H,1-5H2/t6-,7+,8-,9+,10+/m1/s1. The Morgan fingerprint density at radius 2 is 1.94 bits per heavy atom. The molecule has 2 heterocycles. The van der Waals surface area contributed by atoms with E-state index in [1.807, 2.05) is 0 Å². The van der Waals surface area contributed by atoms with Crippen LogP contribution in [0.3, 0.4) is 0 Å². The Bertz CT molecular complexity index is 261. The van der Waals surface area contributed by atoms with Gasteiger partial charge in [-0.05, 0) is 0 Å². The number of hydroxylamine groups is 2. The smallest absolute Gasteiger partial charge is 0.186 e. The Morgan fingerprint density at radius 1 is 1.28 bits per heavy atom. The Morgan fingerprint density at radius 3 is 2.56 bits per heavy atom. The minimum Gasteiger partial charge on any atom is -0.394 e. The number of nitrogens with zero attached hydrogens (tertiary/aromatic N) is 1. The van der Waals surface area contributed by atoms with Crippen molar-refractivity contribution in [3.63, 3.8) is 0 Å². The predicted molar refractivity (Wildman–Crippen MR) is 57.2 cm³/mol. The molecule has 0 amide bonds. The summed E-state index contributed by atoms with van der Waals surface area (Å²) in [6.07, 6.45) is -5.84. The molecule has 0 aromatic rings. The van der Waals surface area contributed by atoms with Crippen LogP contribution in [-0.2, 0) is 14.3 Å². The SMILES string of the molecule is OC[C@@H](O)[C@H]1O[C@H](O)[C@@H](ON2CCOCC2)[C@H]1O. The van der Waals surface area contributed by atoms with Crippen molar-refractivity contribution >= 4 is 0 Å². The Kier molecular flexibility index (Phi) is 4.87. The third kappa shape index (κ3) is 2.98. The molecule has 0 saturated carbocycles. The summed E-state index contributed by atoms with van der Waals surface area (Å²) in [5, 5.41) is 39.4. The summed E-state index contributed by atoms with van der Waals surface area (Å²) < 4.78 is 10.1. The van der Waals surface area contributed by atoms with Crippen molar-refractivity contribution in [2.24, 2.45) is 0 Å². The van der Waals surface area contributed by atoms with E-state index in [9.17, 15) is 15.3 Å². The summed E-state index contributed by atoms with van der Waals surface area (Å²) >= 11 is 0. The van der Waals surface area contributed by atoms with Crippen molar-refractivity contribution in [1.82, 2.24) is 5.06 Å². The number of hydrogen-bond acceptors (Lipinski definition) is 8. The molecule has 4 N–H and O–H groups in total. The zero-order valence-corrected chi connectivity index (χ0v) is 9.88. The van der Waals surface area contributed by atoms with Gasteiger partial charge in [-0.2, -0.15) is 5.06 Å². The second kappa shape index (κ2) is 6.22. The van der Waals surface area contributed by atoms with E-state index in [1.54, 1.807) is 5.06 Å². The average molecular weight is 265 g/mol. The second-order valence-corrected chi connectivity index (χ2v) is 4.34. The maximum Gasteiger partial charge on any atom is 0.186 e. The Balaban J connectivity index is 1.91. The molecule has 0 aliphatic carbocycles. The van der Waals surface area contributed by atoms with E-state index in [0.717, 1.165) is 0 Å². The molecule has 0 spiro atoms. The second-order valence-electron chi connectivity index (χ2n) is 4.34. The molecule has 8 heteroatoms. The molecule has 2 aliphatic heterocycles. The molecule has 5 atom stereocenters. The van der Waals surface area contributed by atoms with Crippen molar-refractivity contribution < 1.29 is 34.7 Å². The summed E-state index contributed by atoms with van der Waals surface area (Å²) in [7, 11) is 0. The highest BCUT2D eigenvalue weighted by molar-refractivity contribution is 4.90. The van der Waals surface area contributed by atoms with Gasteiger partial charge in [-0.1, -0.05) is 0 Å². The van der Waals surface area contributed by atoms with Gasteiger partial charge in [0.05, 0.1) is 19.8 Å². The lowest BCUT2D eigenvalue weighted by molar-refractivity contribution is -0.268. The van der Waals surface area contributed by atoms with E-state index in [0.29, 0.717) is 26.3 Å². The van der Waals surface area contributed by atoms with Gasteiger partial charge < -0.3 is 29.9 Å². The highest BCUT2D eigenvalue weighted by Gasteiger charge is 2.47. The number of hydrogen-bond donors (Lipinski definition) is 4. The van der Waals surface area contributed by atoms with Crippen molar-refractivity contribution in [1.29, 1.82) is 0 Å². The molecule has 2 saturated heterocycles. The van der Waals surface area contributed by atoms with Gasteiger partial charge in [0.25, 0.3) is 0 Å². The van der Waals surface area contributed by atoms with Gasteiger partial charge in [-0.15, -0.1) is 0 Å². The lowest BCUT2D eigenvalue weighted by atomic mass is 10.1. The van der Waals surface area contributed by atoms with Gasteiger partial charge in [0.1, 0.15) is 18.3 Å². The Labute approximate surface area is 104 Å². The fourth-order valence-corrected chi connectivity index (χ4v) is 2.04. The fraction of sp³-hybridized carbons (Fsp3) is 1.00. The van der Waals surface area contributed by atoms with Gasteiger partial charge in [0, 0.05) is 13.1 Å². The summed E-state index contributed by atoms with van der Waals surface area (Å²) in [5.41, 5.74) is 0. The first kappa shape index (κ1) is 14.1. The summed E-state index contributed by atoms with van der Waals surface area (Å²) in [6.45, 7) is 1.54. The minimum absolute atomic E-state index is 0.516. The first-order valence-corrected chi connectivity index (χ1v) is 5.93. The molecule has 2 aliphatic rings. The zero-order valence-electron chi connectivity index (χ0n) is 9.88. The van der Waals surface area contributed by atoms with E-state index >= 15 is 0 Å². The van der Waals surface area contributed by atoms with Gasteiger partial charge >= 0.3 is 0 Å². The van der Waals surface area contributed by atoms with Crippen LogP contribution in [0.2, 0.25) is 0 Å². The molecule has 0 unspecified atom stereocenters. The maximum absolute atomic E-state index is 9.91. The van der Waals surface area contributed by atoms with Gasteiger partial charge in [-0.3, -0.25) is 4.84 Å². The molecule has 0 bridgehead atoms. The van der Waals surface area contributed by atoms with Crippen molar-refractivity contribution in [2.45, 2.75) is 30.7 Å². The first-order valence-electron chi connectivity index (χ1n) is 5.93. The van der Waals surface area contributed by atoms with E-state index in [4.69, 9.17) is 19.4 Å². The number of ether oxygens (including phenoxy) is 2. The highest BCUT2D eigenvalue weighted by atomic mass is 16.7. The van der Waals surface area contributed by atoms with E-state index in [-0.39, 0.29) is 0 Å². The van der Waals surface area contributed by atoms with Crippen LogP contribution in [0, 0.1) is 0 Å². The number of rotatable bonds is 4. The van der Waals surface area contributed by atoms with Crippen LogP contribution in [-0.4, -0.2) is 89.1 Å². The van der Waals surface area contributed by atoms with E-state index < -0.39 is 37.3 Å². The molecule has 0 radical (unpaired) electrons. The van der Waals surface area contributed by atoms with Crippen molar-refractivity contribution in [3.8, 4) is 0 Å². The molecule has 0 aromatic carbocycles. The van der Waals surface area contributed by atoms with Crippen LogP contribution in [0.25, 0.3) is 0 Å². The molecular weight excluding hydrogens is 246 g/mol. The first-order chi connectivity index (χ1) is 8.63. The van der Waals surface area contributed by atoms with Gasteiger partial charge in [0.2, 0.25) is 0 Å². The molecule has 106 valence electrons. The van der Waals surface area contributed by atoms with Crippen LogP contribution >= 0.6 is 0 Å². The van der Waals surface area contributed by atoms with Crippen LogP contribution in [0.1, 0.15) is 0 Å². The van der Waals surface area contributed by atoms with Crippen LogP contribution in [0.5, 0.6) is 0 Å². The Hall–Kier alpha value is -0.320. The summed E-state index contributed by atoms with van der Waals surface area (Å²) in [5.74, 6) is 0. The summed E-state index contributed by atoms with van der Waals surface area (Å²) in [4.78, 5) is 5.44. The van der Waals surface area contributed by atoms with Gasteiger partial charge in [0.15, 0.2) is 12.4 Å². The van der Waals surface area contributed by atoms with Crippen LogP contribution in [0.15, 0.2) is 0 Å². The molecule has 0 aromatic heterocycles. The highest BCUT2D eigenvalue weighted by Crippen LogP contribution is 2.25. The minimum atomic E-state index is -1.34. The lowest BCUT2D eigenvalue weighted by Crippen LogP contribution is -2.46. The lowest BCUT2D eigenvalue weighted by Gasteiger charge is -2.30. The normalized spacial score (nSPS) is 40.0. The van der Waals surface area contributed by atoms with Crippen molar-refractivity contribution in [2.75, 3.05) is 32.9 Å². The van der Waals surface area contributed by atoms with Gasteiger partial charge in [-0.25, -0.2) is 0 Å². The quantitative estimate of drug-likeness (QED) is 0.427. The van der Waals surface area contributed by atoms with Crippen LogP contribution < -0.4 is 0 Å². The monoisotopic (exact) mass is 265 g/mol. The van der Waals surface area contributed by atoms with E-state index in [1.165, 1.54) is 0 Å². The summed E-state index contributed by atoms with van der Waals surface area (Å²) in [6, 6.07) is 0. The number of morpholine rings is 1. The van der Waals surface area contributed by atoms with Crippen molar-refractivity contribution in [3.05, 3.63) is 0 Å². The maximum atomic E-state index is 9.91. The third-order valence-corrected chi connectivity index (χ3v) is 3.06. The third-order valence-electron chi connectivity index (χ3n) is 3.06. The fourth-order valence-electron chi connectivity index (χ4n) is 2.04. The average Bonchev–Trinajstić information content (AvgIpc) is 2.67. The molecule has 2 rings (SSSR count). The topological polar surface area (TPSA) is 112 Å². The molecule has 18 heavy (non-hydrogen) atoms.